The summed E-state index contributed by atoms with van der Waals surface area (Å²) >= 11 is 0. The van der Waals surface area contributed by atoms with Crippen LogP contribution in [0.4, 0.5) is 0 Å². The summed E-state index contributed by atoms with van der Waals surface area (Å²) in [4.78, 5) is 55.8. The van der Waals surface area contributed by atoms with Gasteiger partial charge in [-0.05, 0) is 36.8 Å². The first-order valence-corrected chi connectivity index (χ1v) is 10.2. The van der Waals surface area contributed by atoms with E-state index in [1.807, 2.05) is 6.92 Å². The molecule has 1 atom stereocenters. The number of nitrogens with zero attached hydrogens (tertiary/aromatic N) is 1. The molecule has 1 aliphatic rings. The summed E-state index contributed by atoms with van der Waals surface area (Å²) in [5, 5.41) is 0. The van der Waals surface area contributed by atoms with E-state index in [-0.39, 0.29) is 24.0 Å². The highest BCUT2D eigenvalue weighted by molar-refractivity contribution is 6.21. The Bertz CT molecular complexity index is 1020. The fourth-order valence-corrected chi connectivity index (χ4v) is 3.42. The average molecular weight is 440 g/mol. The molecule has 3 amide bonds. The van der Waals surface area contributed by atoms with Gasteiger partial charge in [-0.3, -0.25) is 19.3 Å². The molecule has 1 unspecified atom stereocenters. The van der Waals surface area contributed by atoms with Gasteiger partial charge >= 0.3 is 5.97 Å². The molecule has 1 N–H and O–H groups in total. The second kappa shape index (κ2) is 9.95. The first-order chi connectivity index (χ1) is 15.4. The summed E-state index contributed by atoms with van der Waals surface area (Å²) in [5.74, 6) is -1.42. The Kier molecular flexibility index (Phi) is 7.09. The third-order valence-electron chi connectivity index (χ3n) is 4.96. The number of fused-ring (bicyclic) bond motifs is 1. The first kappa shape index (κ1) is 22.8. The van der Waals surface area contributed by atoms with Crippen molar-refractivity contribution >= 4 is 23.7 Å². The van der Waals surface area contributed by atoms with E-state index in [4.69, 9.17) is 14.3 Å². The average Bonchev–Trinajstić information content (AvgIpc) is 3.06. The van der Waals surface area contributed by atoms with Crippen molar-refractivity contribution < 1.29 is 33.5 Å². The molecule has 1 aliphatic heterocycles. The highest BCUT2D eigenvalue weighted by atomic mass is 16.7. The van der Waals surface area contributed by atoms with Gasteiger partial charge in [0.1, 0.15) is 0 Å². The Morgan fingerprint density at radius 1 is 1.00 bits per heavy atom. The van der Waals surface area contributed by atoms with Crippen molar-refractivity contribution in [2.24, 2.45) is 0 Å². The number of hydrogen-bond acceptors (Lipinski definition) is 7. The van der Waals surface area contributed by atoms with Gasteiger partial charge in [0, 0.05) is 6.42 Å². The molecule has 9 heteroatoms. The number of hydroxylamine groups is 1. The summed E-state index contributed by atoms with van der Waals surface area (Å²) < 4.78 is 10.9. The van der Waals surface area contributed by atoms with E-state index in [0.717, 1.165) is 4.90 Å². The molecule has 0 spiro atoms. The first-order valence-electron chi connectivity index (χ1n) is 10.2. The smallest absolute Gasteiger partial charge is 0.331 e. The highest BCUT2D eigenvalue weighted by Gasteiger charge is 2.41. The minimum Gasteiger partial charge on any atom is -0.493 e. The molecule has 9 nitrogen and oxygen atoms in total. The quantitative estimate of drug-likeness (QED) is 0.496. The lowest BCUT2D eigenvalue weighted by Gasteiger charge is -2.27. The minimum atomic E-state index is -0.965. The van der Waals surface area contributed by atoms with E-state index >= 15 is 0 Å². The predicted molar refractivity (Wildman–Crippen MR) is 113 cm³/mol. The number of amides is 3. The summed E-state index contributed by atoms with van der Waals surface area (Å²) in [6, 6.07) is 10.4. The number of methoxy groups -OCH3 is 1. The van der Waals surface area contributed by atoms with Crippen molar-refractivity contribution in [2.75, 3.05) is 13.7 Å². The van der Waals surface area contributed by atoms with E-state index in [0.29, 0.717) is 23.7 Å². The molecule has 1 heterocycles. The Balaban J connectivity index is 1.98. The fraction of sp³-hybridized carbons (Fsp3) is 0.304. The zero-order valence-corrected chi connectivity index (χ0v) is 18.0. The second-order valence-electron chi connectivity index (χ2n) is 6.94. The van der Waals surface area contributed by atoms with Crippen molar-refractivity contribution in [3.05, 3.63) is 59.2 Å². The molecule has 2 aromatic carbocycles. The Hall–Kier alpha value is -3.88. The molecular formula is C23H24N2O7. The van der Waals surface area contributed by atoms with Crippen molar-refractivity contribution in [2.45, 2.75) is 32.7 Å². The summed E-state index contributed by atoms with van der Waals surface area (Å²) in [6.07, 6.45) is -0.237. The monoisotopic (exact) mass is 440 g/mol. The van der Waals surface area contributed by atoms with Gasteiger partial charge in [-0.1, -0.05) is 25.1 Å². The third-order valence-corrected chi connectivity index (χ3v) is 4.96. The van der Waals surface area contributed by atoms with Crippen LogP contribution in [0.2, 0.25) is 0 Å². The van der Waals surface area contributed by atoms with Crippen molar-refractivity contribution in [3.8, 4) is 11.5 Å². The molecule has 0 saturated heterocycles. The van der Waals surface area contributed by atoms with E-state index in [2.05, 4.69) is 5.48 Å². The van der Waals surface area contributed by atoms with Crippen LogP contribution >= 0.6 is 0 Å². The lowest BCUT2D eigenvalue weighted by molar-refractivity contribution is -0.158. The molecule has 0 bridgehead atoms. The Labute approximate surface area is 185 Å². The van der Waals surface area contributed by atoms with Crippen LogP contribution in [0.15, 0.2) is 42.5 Å². The molecule has 0 radical (unpaired) electrons. The lowest BCUT2D eigenvalue weighted by atomic mass is 10.0. The van der Waals surface area contributed by atoms with Crippen LogP contribution in [0.3, 0.4) is 0 Å². The van der Waals surface area contributed by atoms with E-state index in [9.17, 15) is 19.2 Å². The number of rotatable bonds is 8. The fourth-order valence-electron chi connectivity index (χ4n) is 3.42. The maximum Gasteiger partial charge on any atom is 0.331 e. The molecule has 2 aromatic rings. The van der Waals surface area contributed by atoms with Crippen LogP contribution in [-0.2, 0) is 14.4 Å². The minimum absolute atomic E-state index is 0.0817. The van der Waals surface area contributed by atoms with Gasteiger partial charge in [0.25, 0.3) is 17.7 Å². The second-order valence-corrected chi connectivity index (χ2v) is 6.94. The number of carbonyl (C=O) groups is 4. The van der Waals surface area contributed by atoms with E-state index in [1.54, 1.807) is 49.4 Å². The molecule has 3 rings (SSSR count). The Morgan fingerprint density at radius 3 is 2.22 bits per heavy atom. The van der Waals surface area contributed by atoms with Crippen LogP contribution in [0, 0.1) is 0 Å². The molecule has 0 fully saturated rings. The van der Waals surface area contributed by atoms with E-state index in [1.165, 1.54) is 7.11 Å². The molecule has 32 heavy (non-hydrogen) atoms. The van der Waals surface area contributed by atoms with Gasteiger partial charge in [0.2, 0.25) is 0 Å². The highest BCUT2D eigenvalue weighted by Crippen LogP contribution is 2.37. The molecule has 168 valence electrons. The topological polar surface area (TPSA) is 111 Å². The number of ether oxygens (including phenoxy) is 2. The number of imide groups is 1. The van der Waals surface area contributed by atoms with Crippen molar-refractivity contribution in [3.63, 3.8) is 0 Å². The third kappa shape index (κ3) is 4.56. The van der Waals surface area contributed by atoms with Gasteiger partial charge in [0.15, 0.2) is 11.5 Å². The summed E-state index contributed by atoms with van der Waals surface area (Å²) in [6.45, 7) is 3.76. The predicted octanol–water partition coefficient (Wildman–Crippen LogP) is 2.81. The van der Waals surface area contributed by atoms with Crippen molar-refractivity contribution in [1.29, 1.82) is 0 Å². The molecule has 0 aromatic heterocycles. The van der Waals surface area contributed by atoms with Crippen molar-refractivity contribution in [1.82, 2.24) is 10.4 Å². The number of benzene rings is 2. The zero-order valence-electron chi connectivity index (χ0n) is 18.0. The summed E-state index contributed by atoms with van der Waals surface area (Å²) in [5.41, 5.74) is 3.09. The zero-order chi connectivity index (χ0) is 23.3. The van der Waals surface area contributed by atoms with Gasteiger partial charge in [-0.15, -0.1) is 0 Å². The van der Waals surface area contributed by atoms with Crippen LogP contribution < -0.4 is 15.0 Å². The molecular weight excluding hydrogens is 416 g/mol. The standard InChI is InChI=1S/C23H24N2O7/c1-4-21(27)32-24-20(26)13-17(14-10-11-18(30-3)19(12-14)31-5-2)25-22(28)15-8-6-7-9-16(15)23(25)29/h6-12,17H,4-5,13H2,1-3H3,(H,24,26). The maximum atomic E-state index is 13.1. The van der Waals surface area contributed by atoms with Gasteiger partial charge in [-0.25, -0.2) is 4.79 Å². The van der Waals surface area contributed by atoms with Gasteiger partial charge < -0.3 is 14.3 Å². The SMILES string of the molecule is CCOc1cc(C(CC(=O)NOC(=O)CC)N2C(=O)c3ccccc3C2=O)ccc1OC. The molecule has 0 aliphatic carbocycles. The number of hydrogen-bond donors (Lipinski definition) is 1. The Morgan fingerprint density at radius 2 is 1.66 bits per heavy atom. The van der Waals surface area contributed by atoms with Crippen LogP contribution in [0.5, 0.6) is 11.5 Å². The van der Waals surface area contributed by atoms with Crippen LogP contribution in [0.25, 0.3) is 0 Å². The number of nitrogens with one attached hydrogen (secondary N) is 1. The lowest BCUT2D eigenvalue weighted by Crippen LogP contribution is -2.38. The normalized spacial score (nSPS) is 13.4. The van der Waals surface area contributed by atoms with Gasteiger partial charge in [0.05, 0.1) is 37.3 Å². The summed E-state index contributed by atoms with van der Waals surface area (Å²) in [7, 11) is 1.49. The largest absolute Gasteiger partial charge is 0.493 e. The van der Waals surface area contributed by atoms with Crippen LogP contribution in [0.1, 0.15) is 59.0 Å². The van der Waals surface area contributed by atoms with E-state index < -0.39 is 29.7 Å². The molecule has 0 saturated carbocycles. The maximum absolute atomic E-state index is 13.1. The van der Waals surface area contributed by atoms with Crippen LogP contribution in [-0.4, -0.2) is 42.3 Å². The number of carbonyl (C=O) groups excluding carboxylic acids is 4. The van der Waals surface area contributed by atoms with Gasteiger partial charge in [-0.2, -0.15) is 5.48 Å².